The Labute approximate surface area is 167 Å². The highest BCUT2D eigenvalue weighted by Gasteiger charge is 2.32. The van der Waals surface area contributed by atoms with E-state index in [1.54, 1.807) is 14.2 Å². The number of nitrogens with zero attached hydrogens (tertiary/aromatic N) is 1. The summed E-state index contributed by atoms with van der Waals surface area (Å²) in [7, 11) is 3.22. The van der Waals surface area contributed by atoms with Gasteiger partial charge in [-0.25, -0.2) is 0 Å². The molecule has 1 heterocycles. The van der Waals surface area contributed by atoms with Gasteiger partial charge in [0, 0.05) is 43.6 Å². The Morgan fingerprint density at radius 1 is 1.14 bits per heavy atom. The third kappa shape index (κ3) is 5.18. The maximum absolute atomic E-state index is 12.5. The number of benzene rings is 1. The molecule has 6 heteroatoms. The smallest absolute Gasteiger partial charge is 0.225 e. The lowest BCUT2D eigenvalue weighted by molar-refractivity contribution is -0.140. The van der Waals surface area contributed by atoms with Crippen molar-refractivity contribution in [2.45, 2.75) is 51.5 Å². The molecule has 1 saturated heterocycles. The topological polar surface area (TPSA) is 67.9 Å². The molecule has 1 aromatic carbocycles. The number of methoxy groups -OCH3 is 2. The number of rotatable bonds is 8. The molecule has 2 amide bonds. The van der Waals surface area contributed by atoms with Crippen molar-refractivity contribution in [1.29, 1.82) is 0 Å². The standard InChI is InChI=1S/C22H32N2O4/c1-27-19-10-9-18(20(13-19)28-2)14-23-21(25)11-8-16-5-4-12-24(15-16)22(26)17-6-3-7-17/h9-10,13,16-17H,3-8,11-12,14-15H2,1-2H3,(H,23,25). The van der Waals surface area contributed by atoms with Crippen molar-refractivity contribution in [3.63, 3.8) is 0 Å². The second kappa shape index (κ2) is 9.80. The first-order valence-electron chi connectivity index (χ1n) is 10.4. The van der Waals surface area contributed by atoms with Crippen LogP contribution in [0.15, 0.2) is 18.2 Å². The molecule has 1 N–H and O–H groups in total. The van der Waals surface area contributed by atoms with E-state index in [2.05, 4.69) is 5.32 Å². The SMILES string of the molecule is COc1ccc(CNC(=O)CCC2CCCN(C(=O)C3CCC3)C2)c(OC)c1. The summed E-state index contributed by atoms with van der Waals surface area (Å²) < 4.78 is 10.6. The van der Waals surface area contributed by atoms with Gasteiger partial charge in [0.1, 0.15) is 11.5 Å². The van der Waals surface area contributed by atoms with Crippen LogP contribution in [0.4, 0.5) is 0 Å². The molecule has 2 fully saturated rings. The van der Waals surface area contributed by atoms with Gasteiger partial charge in [-0.05, 0) is 50.2 Å². The molecule has 0 radical (unpaired) electrons. The summed E-state index contributed by atoms with van der Waals surface area (Å²) in [6.07, 6.45) is 6.78. The summed E-state index contributed by atoms with van der Waals surface area (Å²) in [6.45, 7) is 2.13. The molecule has 1 saturated carbocycles. The summed E-state index contributed by atoms with van der Waals surface area (Å²) in [5.74, 6) is 2.51. The predicted octanol–water partition coefficient (Wildman–Crippen LogP) is 3.14. The van der Waals surface area contributed by atoms with Crippen LogP contribution in [0.25, 0.3) is 0 Å². The van der Waals surface area contributed by atoms with Crippen LogP contribution in [-0.2, 0) is 16.1 Å². The Kier molecular flexibility index (Phi) is 7.18. The lowest BCUT2D eigenvalue weighted by atomic mass is 9.83. The molecule has 154 valence electrons. The van der Waals surface area contributed by atoms with Gasteiger partial charge in [-0.2, -0.15) is 0 Å². The van der Waals surface area contributed by atoms with Crippen molar-refractivity contribution in [3.8, 4) is 11.5 Å². The number of likely N-dealkylation sites (tertiary alicyclic amines) is 1. The molecular formula is C22H32N2O4. The van der Waals surface area contributed by atoms with Crippen LogP contribution < -0.4 is 14.8 Å². The number of amides is 2. The molecule has 0 aromatic heterocycles. The second-order valence-electron chi connectivity index (χ2n) is 7.91. The molecule has 1 aliphatic carbocycles. The Bertz CT molecular complexity index is 687. The van der Waals surface area contributed by atoms with Crippen LogP contribution in [0.1, 0.15) is 50.5 Å². The Hall–Kier alpha value is -2.24. The molecule has 1 aromatic rings. The van der Waals surface area contributed by atoms with Crippen molar-refractivity contribution in [1.82, 2.24) is 10.2 Å². The number of carbonyl (C=O) groups excluding carboxylic acids is 2. The molecule has 0 bridgehead atoms. The fourth-order valence-electron chi connectivity index (χ4n) is 4.03. The molecule has 1 atom stereocenters. The Morgan fingerprint density at radius 3 is 2.64 bits per heavy atom. The average Bonchev–Trinajstić information content (AvgIpc) is 2.69. The van der Waals surface area contributed by atoms with Crippen LogP contribution in [-0.4, -0.2) is 44.0 Å². The molecule has 28 heavy (non-hydrogen) atoms. The van der Waals surface area contributed by atoms with Gasteiger partial charge in [0.15, 0.2) is 0 Å². The van der Waals surface area contributed by atoms with E-state index >= 15 is 0 Å². The van der Waals surface area contributed by atoms with Gasteiger partial charge in [-0.3, -0.25) is 9.59 Å². The normalized spacial score (nSPS) is 19.6. The highest BCUT2D eigenvalue weighted by Crippen LogP contribution is 2.31. The molecule has 3 rings (SSSR count). The average molecular weight is 389 g/mol. The molecule has 1 unspecified atom stereocenters. The fraction of sp³-hybridized carbons (Fsp3) is 0.636. The summed E-state index contributed by atoms with van der Waals surface area (Å²) in [5, 5.41) is 2.98. The summed E-state index contributed by atoms with van der Waals surface area (Å²) >= 11 is 0. The van der Waals surface area contributed by atoms with E-state index in [0.717, 1.165) is 56.5 Å². The van der Waals surface area contributed by atoms with Crippen LogP contribution in [0.2, 0.25) is 0 Å². The fourth-order valence-corrected chi connectivity index (χ4v) is 4.03. The number of nitrogens with one attached hydrogen (secondary N) is 1. The van der Waals surface area contributed by atoms with Gasteiger partial charge in [-0.15, -0.1) is 0 Å². The van der Waals surface area contributed by atoms with E-state index in [0.29, 0.717) is 30.5 Å². The summed E-state index contributed by atoms with van der Waals surface area (Å²) in [5.41, 5.74) is 0.923. The predicted molar refractivity (Wildman–Crippen MR) is 107 cm³/mol. The second-order valence-corrected chi connectivity index (χ2v) is 7.91. The lowest BCUT2D eigenvalue weighted by Crippen LogP contribution is -2.44. The molecule has 1 aliphatic heterocycles. The van der Waals surface area contributed by atoms with Crippen molar-refractivity contribution in [2.75, 3.05) is 27.3 Å². The zero-order valence-corrected chi connectivity index (χ0v) is 17.0. The number of carbonyl (C=O) groups is 2. The number of ether oxygens (including phenoxy) is 2. The highest BCUT2D eigenvalue weighted by atomic mass is 16.5. The van der Waals surface area contributed by atoms with Gasteiger partial charge >= 0.3 is 0 Å². The van der Waals surface area contributed by atoms with Gasteiger partial charge in [-0.1, -0.05) is 6.42 Å². The number of hydrogen-bond acceptors (Lipinski definition) is 4. The largest absolute Gasteiger partial charge is 0.497 e. The quantitative estimate of drug-likeness (QED) is 0.743. The lowest BCUT2D eigenvalue weighted by Gasteiger charge is -2.37. The molecule has 2 aliphatic rings. The minimum absolute atomic E-state index is 0.0420. The van der Waals surface area contributed by atoms with Crippen LogP contribution in [0, 0.1) is 11.8 Å². The van der Waals surface area contributed by atoms with Crippen molar-refractivity contribution in [2.24, 2.45) is 11.8 Å². The van der Waals surface area contributed by atoms with Gasteiger partial charge in [0.2, 0.25) is 11.8 Å². The first-order chi connectivity index (χ1) is 13.6. The van der Waals surface area contributed by atoms with Crippen molar-refractivity contribution >= 4 is 11.8 Å². The number of hydrogen-bond donors (Lipinski definition) is 1. The van der Waals surface area contributed by atoms with Gasteiger partial charge < -0.3 is 19.7 Å². The maximum atomic E-state index is 12.5. The van der Waals surface area contributed by atoms with E-state index in [1.165, 1.54) is 6.42 Å². The molecule has 6 nitrogen and oxygen atoms in total. The minimum atomic E-state index is 0.0420. The van der Waals surface area contributed by atoms with E-state index in [1.807, 2.05) is 23.1 Å². The zero-order valence-electron chi connectivity index (χ0n) is 17.0. The van der Waals surface area contributed by atoms with E-state index in [9.17, 15) is 9.59 Å². The third-order valence-electron chi connectivity index (χ3n) is 6.03. The van der Waals surface area contributed by atoms with E-state index in [-0.39, 0.29) is 11.8 Å². The Morgan fingerprint density at radius 2 is 1.96 bits per heavy atom. The molecule has 0 spiro atoms. The van der Waals surface area contributed by atoms with Crippen LogP contribution in [0.5, 0.6) is 11.5 Å². The van der Waals surface area contributed by atoms with Gasteiger partial charge in [0.05, 0.1) is 14.2 Å². The van der Waals surface area contributed by atoms with Crippen molar-refractivity contribution < 1.29 is 19.1 Å². The summed E-state index contributed by atoms with van der Waals surface area (Å²) in [6, 6.07) is 5.58. The van der Waals surface area contributed by atoms with Crippen LogP contribution in [0.3, 0.4) is 0 Å². The minimum Gasteiger partial charge on any atom is -0.497 e. The third-order valence-corrected chi connectivity index (χ3v) is 6.03. The highest BCUT2D eigenvalue weighted by molar-refractivity contribution is 5.79. The zero-order chi connectivity index (χ0) is 19.9. The maximum Gasteiger partial charge on any atom is 0.225 e. The number of piperidine rings is 1. The van der Waals surface area contributed by atoms with Gasteiger partial charge in [0.25, 0.3) is 0 Å². The Balaban J connectivity index is 1.42. The van der Waals surface area contributed by atoms with E-state index in [4.69, 9.17) is 9.47 Å². The monoisotopic (exact) mass is 388 g/mol. The molecular weight excluding hydrogens is 356 g/mol. The first-order valence-corrected chi connectivity index (χ1v) is 10.4. The van der Waals surface area contributed by atoms with Crippen LogP contribution >= 0.6 is 0 Å². The first kappa shape index (κ1) is 20.5. The van der Waals surface area contributed by atoms with Crippen molar-refractivity contribution in [3.05, 3.63) is 23.8 Å². The van der Waals surface area contributed by atoms with E-state index < -0.39 is 0 Å². The summed E-state index contributed by atoms with van der Waals surface area (Å²) in [4.78, 5) is 26.8.